The molecule has 212 valence electrons. The van der Waals surface area contributed by atoms with E-state index in [2.05, 4.69) is 20.7 Å². The van der Waals surface area contributed by atoms with Gasteiger partial charge in [-0.15, -0.1) is 11.8 Å². The first-order valence-corrected chi connectivity index (χ1v) is 14.6. The van der Waals surface area contributed by atoms with Gasteiger partial charge in [0, 0.05) is 28.3 Å². The summed E-state index contributed by atoms with van der Waals surface area (Å²) in [5.74, 6) is 1.91. The lowest BCUT2D eigenvalue weighted by Crippen LogP contribution is -2.51. The molecule has 0 radical (unpaired) electrons. The zero-order chi connectivity index (χ0) is 29.1. The number of methoxy groups -OCH3 is 1. The summed E-state index contributed by atoms with van der Waals surface area (Å²) >= 11 is 1.61. The van der Waals surface area contributed by atoms with Crippen LogP contribution in [0.1, 0.15) is 43.9 Å². The Hall–Kier alpha value is -3.80. The first-order chi connectivity index (χ1) is 19.7. The van der Waals surface area contributed by atoms with Crippen molar-refractivity contribution in [2.24, 2.45) is 10.1 Å². The number of benzene rings is 3. The number of anilines is 1. The summed E-state index contributed by atoms with van der Waals surface area (Å²) in [6.45, 7) is 6.54. The number of hydrogen-bond donors (Lipinski definition) is 4. The molecule has 2 aliphatic heterocycles. The molecule has 4 N–H and O–H groups in total. The highest BCUT2D eigenvalue weighted by molar-refractivity contribution is 7.98. The minimum atomic E-state index is -1.51. The van der Waals surface area contributed by atoms with E-state index in [1.54, 1.807) is 31.0 Å². The van der Waals surface area contributed by atoms with E-state index in [1.807, 2.05) is 75.4 Å². The van der Waals surface area contributed by atoms with Crippen LogP contribution in [-0.4, -0.2) is 60.0 Å². The number of hydrogen-bond acceptors (Lipinski definition) is 9. The van der Waals surface area contributed by atoms with E-state index in [0.717, 1.165) is 33.0 Å². The van der Waals surface area contributed by atoms with Gasteiger partial charge < -0.3 is 25.0 Å². The molecule has 1 atom stereocenters. The summed E-state index contributed by atoms with van der Waals surface area (Å²) in [4.78, 5) is 21.1. The van der Waals surface area contributed by atoms with Crippen molar-refractivity contribution in [2.75, 3.05) is 18.6 Å². The van der Waals surface area contributed by atoms with E-state index >= 15 is 0 Å². The molecule has 9 nitrogen and oxygen atoms in total. The molecule has 2 aliphatic rings. The zero-order valence-corrected chi connectivity index (χ0v) is 24.4. The molecule has 3 aromatic rings. The van der Waals surface area contributed by atoms with Gasteiger partial charge in [-0.25, -0.2) is 0 Å². The average molecular weight is 572 g/mol. The van der Waals surface area contributed by atoms with Crippen LogP contribution in [0.4, 0.5) is 5.69 Å². The van der Waals surface area contributed by atoms with Crippen LogP contribution in [0.5, 0.6) is 5.75 Å². The average Bonchev–Trinajstić information content (AvgIpc) is 3.21. The maximum atomic E-state index is 12.8. The topological polar surface area (TPSA) is 119 Å². The molecule has 0 saturated carbocycles. The van der Waals surface area contributed by atoms with Crippen molar-refractivity contribution in [2.45, 2.75) is 49.5 Å². The van der Waals surface area contributed by atoms with Crippen LogP contribution < -0.4 is 25.8 Å². The second kappa shape index (κ2) is 12.0. The monoisotopic (exact) mass is 571 g/mol. The maximum absolute atomic E-state index is 12.8. The van der Waals surface area contributed by atoms with Crippen LogP contribution in [0.25, 0.3) is 0 Å². The largest absolute Gasteiger partial charge is 0.497 e. The highest BCUT2D eigenvalue weighted by Crippen LogP contribution is 2.38. The smallest absolute Gasteiger partial charge is 0.488 e. The van der Waals surface area contributed by atoms with Crippen molar-refractivity contribution in [3.63, 3.8) is 0 Å². The summed E-state index contributed by atoms with van der Waals surface area (Å²) < 4.78 is 5.59. The zero-order valence-electron chi connectivity index (χ0n) is 23.6. The van der Waals surface area contributed by atoms with Gasteiger partial charge in [-0.2, -0.15) is 5.10 Å². The van der Waals surface area contributed by atoms with E-state index in [9.17, 15) is 14.8 Å². The SMILES string of the molecule is CCNC(=O)C[C@@H]1N=C(c2ccc(SCc3ccccc3B(O)O)cc2)c2cc(OC)ccc2N2C1=NNC2(C)C. The van der Waals surface area contributed by atoms with Crippen LogP contribution in [0, 0.1) is 0 Å². The van der Waals surface area contributed by atoms with Crippen LogP contribution in [0.2, 0.25) is 0 Å². The Kier molecular flexibility index (Phi) is 8.39. The molecule has 2 heterocycles. The second-order valence-corrected chi connectivity index (χ2v) is 11.4. The second-order valence-electron chi connectivity index (χ2n) is 10.4. The molecular weight excluding hydrogens is 537 g/mol. The summed E-state index contributed by atoms with van der Waals surface area (Å²) in [5.41, 5.74) is 7.55. The number of thioether (sulfide) groups is 1. The van der Waals surface area contributed by atoms with Crippen molar-refractivity contribution in [3.8, 4) is 5.75 Å². The Bertz CT molecular complexity index is 1490. The molecule has 0 aliphatic carbocycles. The van der Waals surface area contributed by atoms with Gasteiger partial charge in [0.05, 0.1) is 24.9 Å². The predicted octanol–water partition coefficient (Wildman–Crippen LogP) is 2.87. The van der Waals surface area contributed by atoms with E-state index in [1.165, 1.54) is 0 Å². The minimum absolute atomic E-state index is 0.0866. The van der Waals surface area contributed by atoms with Gasteiger partial charge in [0.2, 0.25) is 5.91 Å². The summed E-state index contributed by atoms with van der Waals surface area (Å²) in [5, 5.41) is 27.0. The summed E-state index contributed by atoms with van der Waals surface area (Å²) in [6.07, 6.45) is 0.166. The van der Waals surface area contributed by atoms with Gasteiger partial charge in [0.15, 0.2) is 5.84 Å². The van der Waals surface area contributed by atoms with E-state index in [4.69, 9.17) is 9.73 Å². The first-order valence-electron chi connectivity index (χ1n) is 13.6. The number of fused-ring (bicyclic) bond motifs is 3. The number of amidine groups is 1. The van der Waals surface area contributed by atoms with Crippen LogP contribution in [0.3, 0.4) is 0 Å². The minimum Gasteiger partial charge on any atom is -0.497 e. The fourth-order valence-electron chi connectivity index (χ4n) is 5.14. The number of aliphatic imine (C=N–C) groups is 1. The normalized spacial score (nSPS) is 16.9. The van der Waals surface area contributed by atoms with E-state index in [0.29, 0.717) is 29.3 Å². The first kappa shape index (κ1) is 28.7. The van der Waals surface area contributed by atoms with Crippen LogP contribution in [0.15, 0.2) is 81.7 Å². The van der Waals surface area contributed by atoms with Crippen LogP contribution in [-0.2, 0) is 10.5 Å². The van der Waals surface area contributed by atoms with Crippen molar-refractivity contribution >= 4 is 47.5 Å². The molecule has 0 unspecified atom stereocenters. The van der Waals surface area contributed by atoms with E-state index in [-0.39, 0.29) is 12.3 Å². The number of amides is 1. The molecule has 41 heavy (non-hydrogen) atoms. The number of nitrogens with one attached hydrogen (secondary N) is 2. The molecule has 0 aromatic heterocycles. The van der Waals surface area contributed by atoms with Crippen molar-refractivity contribution in [1.29, 1.82) is 0 Å². The Labute approximate surface area is 244 Å². The molecule has 0 fully saturated rings. The van der Waals surface area contributed by atoms with Gasteiger partial charge in [-0.3, -0.25) is 15.2 Å². The Morgan fingerprint density at radius 1 is 1.15 bits per heavy atom. The van der Waals surface area contributed by atoms with Gasteiger partial charge in [0.25, 0.3) is 0 Å². The molecule has 5 rings (SSSR count). The lowest BCUT2D eigenvalue weighted by molar-refractivity contribution is -0.121. The Morgan fingerprint density at radius 2 is 1.90 bits per heavy atom. The molecular formula is C30H34BN5O4S. The third-order valence-corrected chi connectivity index (χ3v) is 8.18. The number of nitrogens with zero attached hydrogens (tertiary/aromatic N) is 3. The number of rotatable bonds is 9. The lowest BCUT2D eigenvalue weighted by atomic mass is 9.77. The Balaban J connectivity index is 1.52. The highest BCUT2D eigenvalue weighted by Gasteiger charge is 2.43. The number of carbonyl (C=O) groups excluding carboxylic acids is 1. The molecule has 0 saturated heterocycles. The third kappa shape index (κ3) is 5.97. The maximum Gasteiger partial charge on any atom is 0.488 e. The van der Waals surface area contributed by atoms with Crippen LogP contribution >= 0.6 is 11.8 Å². The predicted molar refractivity (Wildman–Crippen MR) is 165 cm³/mol. The molecule has 3 aromatic carbocycles. The van der Waals surface area contributed by atoms with Crippen molar-refractivity contribution in [1.82, 2.24) is 10.7 Å². The lowest BCUT2D eigenvalue weighted by Gasteiger charge is -2.34. The number of hydrazone groups is 1. The molecule has 1 amide bonds. The van der Waals surface area contributed by atoms with Gasteiger partial charge in [-0.1, -0.05) is 36.4 Å². The molecule has 0 spiro atoms. The highest BCUT2D eigenvalue weighted by atomic mass is 32.2. The fourth-order valence-corrected chi connectivity index (χ4v) is 6.05. The van der Waals surface area contributed by atoms with E-state index < -0.39 is 18.8 Å². The quantitative estimate of drug-likeness (QED) is 0.231. The summed E-state index contributed by atoms with van der Waals surface area (Å²) in [7, 11) is 0.133. The molecule has 11 heteroatoms. The molecule has 0 bridgehead atoms. The van der Waals surface area contributed by atoms with Crippen molar-refractivity contribution < 1.29 is 19.6 Å². The number of ether oxygens (including phenoxy) is 1. The van der Waals surface area contributed by atoms with Gasteiger partial charge in [0.1, 0.15) is 17.5 Å². The van der Waals surface area contributed by atoms with Gasteiger partial charge in [-0.05, 0) is 62.1 Å². The number of carbonyl (C=O) groups is 1. The standard InChI is InChI=1S/C30H34BN5O4S/c1-5-32-27(37)17-25-29-34-35-30(2,3)36(29)26-15-12-21(40-4)16-23(26)28(33-25)19-10-13-22(14-11-19)41-18-20-8-6-7-9-24(20)31(38)39/h6-16,25,35,38-39H,5,17-18H2,1-4H3,(H,32,37)/t25-/m0/s1. The third-order valence-electron chi connectivity index (χ3n) is 7.12. The van der Waals surface area contributed by atoms with Crippen molar-refractivity contribution in [3.05, 3.63) is 83.4 Å². The van der Waals surface area contributed by atoms with Gasteiger partial charge >= 0.3 is 7.12 Å². The Morgan fingerprint density at radius 3 is 2.61 bits per heavy atom. The fraction of sp³-hybridized carbons (Fsp3) is 0.300. The summed E-state index contributed by atoms with van der Waals surface area (Å²) in [6, 6.07) is 20.9.